The predicted molar refractivity (Wildman–Crippen MR) is 317 cm³/mol. The Labute approximate surface area is 519 Å². The van der Waals surface area contributed by atoms with Gasteiger partial charge in [-0.15, -0.1) is 0 Å². The lowest BCUT2D eigenvalue weighted by molar-refractivity contribution is -0.157. The van der Waals surface area contributed by atoms with Crippen LogP contribution < -0.4 is 47.4 Å². The number of nitrogens with one attached hydrogen (secondary N) is 5. The molecule has 0 spiro atoms. The van der Waals surface area contributed by atoms with Crippen molar-refractivity contribution in [3.8, 4) is 22.9 Å². The average molecular weight is 1270 g/mol. The number of ether oxygens (including phenoxy) is 11. The van der Waals surface area contributed by atoms with Crippen molar-refractivity contribution in [3.05, 3.63) is 63.0 Å². The molecule has 6 heterocycles. The van der Waals surface area contributed by atoms with Crippen molar-refractivity contribution in [3.63, 3.8) is 0 Å². The Morgan fingerprint density at radius 3 is 1.82 bits per heavy atom. The summed E-state index contributed by atoms with van der Waals surface area (Å²) in [5.74, 6) is -3.63. The molecule has 7 amide bonds. The number of cyclic esters (lactones) is 1. The fraction of sp³-hybridized carbons (Fsp3) is 0.600. The Hall–Kier alpha value is -7.52. The van der Waals surface area contributed by atoms with E-state index in [4.69, 9.17) is 62.8 Å². The summed E-state index contributed by atoms with van der Waals surface area (Å²) in [4.78, 5) is 121. The SMILES string of the molecule is CC(C)[C@H](NC(=O)CCOCCOCCOCCOCCOCCOCCOCCOCCNC(=O)CCN1C(=O)C=CC1=O)C(=O)N[C@@H](CCCCN)C(=O)N[C@H](C)C(=O)NCc1c2c(nc3cc4c(cc13)OCO4)-c1cc3c(c(=O)n1C2)COC(=O)[C@H]3O. The number of hydrogen-bond acceptors (Lipinski definition) is 23. The van der Waals surface area contributed by atoms with Crippen LogP contribution in [-0.2, 0) is 101 Å². The van der Waals surface area contributed by atoms with E-state index in [2.05, 4.69) is 26.6 Å². The van der Waals surface area contributed by atoms with E-state index in [0.717, 1.165) is 4.90 Å². The lowest BCUT2D eigenvalue weighted by atomic mass is 9.98. The maximum Gasteiger partial charge on any atom is 0.340 e. The molecule has 0 aliphatic carbocycles. The number of rotatable bonds is 43. The topological polar surface area (TPSA) is 383 Å². The number of imide groups is 1. The lowest BCUT2D eigenvalue weighted by Gasteiger charge is -2.26. The van der Waals surface area contributed by atoms with Crippen LogP contribution in [0.4, 0.5) is 0 Å². The van der Waals surface area contributed by atoms with Crippen LogP contribution in [0.15, 0.2) is 35.1 Å². The minimum Gasteiger partial charge on any atom is -0.458 e. The number of pyridine rings is 2. The smallest absolute Gasteiger partial charge is 0.340 e. The van der Waals surface area contributed by atoms with Crippen LogP contribution in [0.25, 0.3) is 22.3 Å². The van der Waals surface area contributed by atoms with E-state index in [1.54, 1.807) is 32.0 Å². The van der Waals surface area contributed by atoms with Gasteiger partial charge < -0.3 is 94.1 Å². The second-order valence-corrected chi connectivity index (χ2v) is 21.5. The molecule has 8 N–H and O–H groups in total. The molecule has 7 rings (SSSR count). The summed E-state index contributed by atoms with van der Waals surface area (Å²) in [5.41, 5.74) is 8.06. The number of carbonyl (C=O) groups is 8. The number of aromatic nitrogens is 2. The normalized spacial score (nSPS) is 15.6. The quantitative estimate of drug-likeness (QED) is 0.0160. The van der Waals surface area contributed by atoms with Crippen molar-refractivity contribution < 1.29 is 95.6 Å². The number of fused-ring (bicyclic) bond motifs is 6. The van der Waals surface area contributed by atoms with Gasteiger partial charge in [0, 0.05) is 67.2 Å². The van der Waals surface area contributed by atoms with Gasteiger partial charge in [0.25, 0.3) is 17.4 Å². The van der Waals surface area contributed by atoms with Gasteiger partial charge in [0.15, 0.2) is 17.6 Å². The van der Waals surface area contributed by atoms with Gasteiger partial charge in [-0.1, -0.05) is 13.8 Å². The van der Waals surface area contributed by atoms with Gasteiger partial charge in [-0.3, -0.25) is 43.3 Å². The van der Waals surface area contributed by atoms with Crippen molar-refractivity contribution in [1.29, 1.82) is 0 Å². The number of benzene rings is 1. The minimum atomic E-state index is -1.65. The third kappa shape index (κ3) is 20.5. The van der Waals surface area contributed by atoms with Crippen LogP contribution in [-0.4, -0.2) is 217 Å². The highest BCUT2D eigenvalue weighted by Crippen LogP contribution is 2.42. The largest absolute Gasteiger partial charge is 0.458 e. The third-order valence-corrected chi connectivity index (χ3v) is 14.7. The van der Waals surface area contributed by atoms with E-state index in [9.17, 15) is 48.3 Å². The van der Waals surface area contributed by atoms with Gasteiger partial charge in [0.05, 0.1) is 135 Å². The van der Waals surface area contributed by atoms with Gasteiger partial charge in [-0.05, 0) is 56.3 Å². The highest BCUT2D eigenvalue weighted by Gasteiger charge is 2.36. The molecule has 30 heteroatoms. The number of hydrogen-bond donors (Lipinski definition) is 7. The predicted octanol–water partition coefficient (Wildman–Crippen LogP) is -0.926. The monoisotopic (exact) mass is 1270 g/mol. The number of nitrogens with two attached hydrogens (primary N) is 1. The van der Waals surface area contributed by atoms with Gasteiger partial charge in [-0.25, -0.2) is 9.78 Å². The van der Waals surface area contributed by atoms with Gasteiger partial charge in [-0.2, -0.15) is 0 Å². The van der Waals surface area contributed by atoms with Gasteiger partial charge >= 0.3 is 5.97 Å². The van der Waals surface area contributed by atoms with E-state index in [1.807, 2.05) is 0 Å². The summed E-state index contributed by atoms with van der Waals surface area (Å²) in [6.07, 6.45) is 1.95. The van der Waals surface area contributed by atoms with Crippen LogP contribution in [0, 0.1) is 5.92 Å². The number of carbonyl (C=O) groups excluding carboxylic acids is 8. The first-order valence-corrected chi connectivity index (χ1v) is 30.2. The Bertz CT molecular complexity index is 3050. The van der Waals surface area contributed by atoms with Gasteiger partial charge in [0.2, 0.25) is 36.3 Å². The minimum absolute atomic E-state index is 0.00555. The van der Waals surface area contributed by atoms with Crippen LogP contribution in [0.1, 0.15) is 81.2 Å². The Kier molecular flexibility index (Phi) is 28.3. The fourth-order valence-corrected chi connectivity index (χ4v) is 9.83. The van der Waals surface area contributed by atoms with Gasteiger partial charge in [0.1, 0.15) is 24.7 Å². The van der Waals surface area contributed by atoms with Crippen LogP contribution in [0.3, 0.4) is 0 Å². The number of esters is 1. The molecule has 0 saturated heterocycles. The summed E-state index contributed by atoms with van der Waals surface area (Å²) in [5, 5.41) is 25.1. The highest BCUT2D eigenvalue weighted by atomic mass is 16.7. The zero-order chi connectivity index (χ0) is 64.4. The van der Waals surface area contributed by atoms with E-state index in [-0.39, 0.29) is 95.1 Å². The molecule has 3 aromatic rings. The first-order valence-electron chi connectivity index (χ1n) is 30.2. The van der Waals surface area contributed by atoms with E-state index >= 15 is 0 Å². The first-order chi connectivity index (χ1) is 43.6. The second kappa shape index (κ2) is 36.4. The second-order valence-electron chi connectivity index (χ2n) is 21.5. The summed E-state index contributed by atoms with van der Waals surface area (Å²) in [6.45, 7) is 10.8. The molecule has 30 nitrogen and oxygen atoms in total. The van der Waals surface area contributed by atoms with Crippen LogP contribution >= 0.6 is 0 Å². The van der Waals surface area contributed by atoms with Crippen molar-refractivity contribution in [1.82, 2.24) is 41.0 Å². The summed E-state index contributed by atoms with van der Waals surface area (Å²) < 4.78 is 61.9. The van der Waals surface area contributed by atoms with Crippen LogP contribution in [0.2, 0.25) is 0 Å². The molecule has 2 aromatic heterocycles. The standard InChI is InChI=1S/C60H83N9O21/c1-37(2)53(67-50(71)10-14-80-16-18-82-20-22-84-24-26-86-28-29-87-27-25-85-23-21-83-19-17-81-15-12-62-49(70)9-13-68-51(72)7-8-52(68)73)58(77)66-44(6-4-5-11-61)57(76)64-38(3)56(75)63-33-41-39-31-47-48(90-36-89-47)32-45(39)65-54-42(41)34-69-46(54)30-40-43(59(69)78)35-88-60(79)55(40)74/h7-8,30-32,37-38,44,53,55,74H,4-6,9-29,33-36,61H2,1-3H3,(H,62,70)(H,63,75)(H,64,76)(H,66,77)(H,67,71)/t38-,44+,53+,55+/m1/s1. The number of aliphatic hydroxyl groups excluding tert-OH is 1. The lowest BCUT2D eigenvalue weighted by Crippen LogP contribution is -2.57. The van der Waals surface area contributed by atoms with E-state index in [1.165, 1.54) is 23.6 Å². The zero-order valence-electron chi connectivity index (χ0n) is 51.1. The molecular weight excluding hydrogens is 1180 g/mol. The molecule has 494 valence electrons. The number of nitrogens with zero attached hydrogens (tertiary/aromatic N) is 3. The zero-order valence-corrected chi connectivity index (χ0v) is 51.1. The maximum atomic E-state index is 13.9. The average Bonchev–Trinajstić information content (AvgIpc) is 1.54. The first kappa shape index (κ1) is 69.9. The Morgan fingerprint density at radius 1 is 0.656 bits per heavy atom. The molecule has 4 aliphatic heterocycles. The molecule has 4 atom stereocenters. The van der Waals surface area contributed by atoms with E-state index < -0.39 is 71.2 Å². The van der Waals surface area contributed by atoms with Crippen LogP contribution in [0.5, 0.6) is 11.5 Å². The Morgan fingerprint density at radius 2 is 1.23 bits per heavy atom. The molecule has 0 fully saturated rings. The maximum absolute atomic E-state index is 13.9. The van der Waals surface area contributed by atoms with E-state index in [0.29, 0.717) is 157 Å². The molecule has 0 bridgehead atoms. The fourth-order valence-electron chi connectivity index (χ4n) is 9.83. The summed E-state index contributed by atoms with van der Waals surface area (Å²) in [7, 11) is 0. The summed E-state index contributed by atoms with van der Waals surface area (Å²) in [6, 6.07) is 1.83. The third-order valence-electron chi connectivity index (χ3n) is 14.7. The molecule has 90 heavy (non-hydrogen) atoms. The molecular formula is C60H83N9O21. The summed E-state index contributed by atoms with van der Waals surface area (Å²) >= 11 is 0. The van der Waals surface area contributed by atoms with Crippen molar-refractivity contribution in [2.75, 3.05) is 132 Å². The number of aliphatic hydroxyl groups is 1. The molecule has 0 unspecified atom stereocenters. The molecule has 0 radical (unpaired) electrons. The molecule has 1 aromatic carbocycles. The number of amides is 7. The molecule has 4 aliphatic rings. The van der Waals surface area contributed by atoms with Crippen molar-refractivity contribution in [2.45, 2.75) is 96.8 Å². The highest BCUT2D eigenvalue weighted by molar-refractivity contribution is 6.13. The number of unbranched alkanes of at least 4 members (excludes halogenated alkanes) is 1. The van der Waals surface area contributed by atoms with Crippen molar-refractivity contribution >= 4 is 58.2 Å². The van der Waals surface area contributed by atoms with Crippen molar-refractivity contribution in [2.24, 2.45) is 11.7 Å². The molecule has 0 saturated carbocycles. The Balaban J connectivity index is 0.710.